The molecule has 1 spiro atoms. The molecule has 0 atom stereocenters. The van der Waals surface area contributed by atoms with Crippen molar-refractivity contribution in [1.82, 2.24) is 4.90 Å². The fraction of sp³-hybridized carbons (Fsp3) is 1.00. The van der Waals surface area contributed by atoms with E-state index in [9.17, 15) is 0 Å². The van der Waals surface area contributed by atoms with Gasteiger partial charge in [-0.25, -0.2) is 0 Å². The van der Waals surface area contributed by atoms with Crippen LogP contribution in [0.25, 0.3) is 0 Å². The first kappa shape index (κ1) is 11.1. The van der Waals surface area contributed by atoms with Crippen LogP contribution in [0.3, 0.4) is 0 Å². The maximum atomic E-state index is 2.72. The van der Waals surface area contributed by atoms with Crippen LogP contribution in [0.4, 0.5) is 0 Å². The summed E-state index contributed by atoms with van der Waals surface area (Å²) in [5.41, 5.74) is 1.53. The van der Waals surface area contributed by atoms with Gasteiger partial charge in [-0.3, -0.25) is 0 Å². The average Bonchev–Trinajstić information content (AvgIpc) is 2.94. The summed E-state index contributed by atoms with van der Waals surface area (Å²) in [6, 6.07) is 0. The van der Waals surface area contributed by atoms with E-state index in [1.807, 2.05) is 0 Å². The summed E-state index contributed by atoms with van der Waals surface area (Å²) in [6.07, 6.45) is 10.5. The molecule has 16 heavy (non-hydrogen) atoms. The van der Waals surface area contributed by atoms with Gasteiger partial charge in [0.05, 0.1) is 0 Å². The lowest BCUT2D eigenvalue weighted by Gasteiger charge is -2.53. The van der Waals surface area contributed by atoms with Gasteiger partial charge in [0.25, 0.3) is 0 Å². The van der Waals surface area contributed by atoms with Crippen molar-refractivity contribution in [3.05, 3.63) is 0 Å². The van der Waals surface area contributed by atoms with Crippen LogP contribution in [0, 0.1) is 16.7 Å². The first-order chi connectivity index (χ1) is 7.59. The summed E-state index contributed by atoms with van der Waals surface area (Å²) in [5.74, 6) is 1.00. The fourth-order valence-corrected chi connectivity index (χ4v) is 3.64. The zero-order valence-electron chi connectivity index (χ0n) is 11.1. The quantitative estimate of drug-likeness (QED) is 0.702. The molecule has 0 N–H and O–H groups in total. The SMILES string of the molecule is CC1CCC2(CC1)CN(CCC1(C)CC1)C2. The number of rotatable bonds is 3. The summed E-state index contributed by atoms with van der Waals surface area (Å²) < 4.78 is 0. The summed E-state index contributed by atoms with van der Waals surface area (Å²) in [5, 5.41) is 0. The smallest absolute Gasteiger partial charge is 0.00505 e. The molecule has 92 valence electrons. The number of likely N-dealkylation sites (tertiary alicyclic amines) is 1. The molecular formula is C15H27N. The van der Waals surface area contributed by atoms with Crippen molar-refractivity contribution in [2.45, 2.75) is 58.8 Å². The second-order valence-electron chi connectivity index (χ2n) is 7.45. The van der Waals surface area contributed by atoms with Crippen LogP contribution >= 0.6 is 0 Å². The van der Waals surface area contributed by atoms with E-state index < -0.39 is 0 Å². The monoisotopic (exact) mass is 221 g/mol. The predicted octanol–water partition coefficient (Wildman–Crippen LogP) is 3.69. The van der Waals surface area contributed by atoms with Gasteiger partial charge in [-0.2, -0.15) is 0 Å². The minimum atomic E-state index is 0.754. The summed E-state index contributed by atoms with van der Waals surface area (Å²) >= 11 is 0. The molecule has 2 saturated carbocycles. The Kier molecular flexibility index (Phi) is 2.58. The lowest BCUT2D eigenvalue weighted by atomic mass is 9.66. The third-order valence-corrected chi connectivity index (χ3v) is 5.59. The van der Waals surface area contributed by atoms with Crippen molar-refractivity contribution in [2.75, 3.05) is 19.6 Å². The number of hydrogen-bond acceptors (Lipinski definition) is 1. The fourth-order valence-electron chi connectivity index (χ4n) is 3.64. The van der Waals surface area contributed by atoms with Crippen LogP contribution in [0.5, 0.6) is 0 Å². The Hall–Kier alpha value is -0.0400. The Morgan fingerprint density at radius 1 is 1.06 bits per heavy atom. The van der Waals surface area contributed by atoms with Crippen molar-refractivity contribution in [3.63, 3.8) is 0 Å². The van der Waals surface area contributed by atoms with E-state index in [0.29, 0.717) is 0 Å². The summed E-state index contributed by atoms with van der Waals surface area (Å²) in [6.45, 7) is 9.13. The first-order valence-corrected chi connectivity index (χ1v) is 7.32. The maximum absolute atomic E-state index is 2.72. The molecule has 1 nitrogen and oxygen atoms in total. The maximum Gasteiger partial charge on any atom is 0.00505 e. The minimum absolute atomic E-state index is 0.754. The average molecular weight is 221 g/mol. The van der Waals surface area contributed by atoms with E-state index in [1.165, 1.54) is 64.6 Å². The third-order valence-electron chi connectivity index (χ3n) is 5.59. The molecule has 0 unspecified atom stereocenters. The largest absolute Gasteiger partial charge is 0.302 e. The van der Waals surface area contributed by atoms with Crippen molar-refractivity contribution in [1.29, 1.82) is 0 Å². The van der Waals surface area contributed by atoms with E-state index >= 15 is 0 Å². The molecule has 1 heteroatoms. The minimum Gasteiger partial charge on any atom is -0.302 e. The number of nitrogens with zero attached hydrogens (tertiary/aromatic N) is 1. The molecule has 3 rings (SSSR count). The molecule has 0 aromatic rings. The van der Waals surface area contributed by atoms with Crippen LogP contribution in [0.15, 0.2) is 0 Å². The lowest BCUT2D eigenvalue weighted by Crippen LogP contribution is -2.57. The normalized spacial score (nSPS) is 32.6. The molecule has 0 radical (unpaired) electrons. The van der Waals surface area contributed by atoms with Crippen molar-refractivity contribution in [3.8, 4) is 0 Å². The molecule has 3 fully saturated rings. The molecular weight excluding hydrogens is 194 g/mol. The molecule has 0 amide bonds. The summed E-state index contributed by atoms with van der Waals surface area (Å²) in [4.78, 5) is 2.72. The Balaban J connectivity index is 1.40. The van der Waals surface area contributed by atoms with Crippen LogP contribution in [-0.4, -0.2) is 24.5 Å². The molecule has 0 aromatic heterocycles. The predicted molar refractivity (Wildman–Crippen MR) is 68.5 cm³/mol. The van der Waals surface area contributed by atoms with Crippen LogP contribution in [0.1, 0.15) is 58.8 Å². The summed E-state index contributed by atoms with van der Waals surface area (Å²) in [7, 11) is 0. The Morgan fingerprint density at radius 3 is 2.25 bits per heavy atom. The van der Waals surface area contributed by atoms with Gasteiger partial charge in [-0.05, 0) is 55.4 Å². The zero-order chi connectivity index (χ0) is 11.2. The van der Waals surface area contributed by atoms with Gasteiger partial charge in [-0.15, -0.1) is 0 Å². The van der Waals surface area contributed by atoms with Gasteiger partial charge >= 0.3 is 0 Å². The molecule has 0 aromatic carbocycles. The topological polar surface area (TPSA) is 3.24 Å². The highest BCUT2D eigenvalue weighted by atomic mass is 15.2. The van der Waals surface area contributed by atoms with Crippen molar-refractivity contribution >= 4 is 0 Å². The molecule has 0 bridgehead atoms. The van der Waals surface area contributed by atoms with Crippen molar-refractivity contribution in [2.24, 2.45) is 16.7 Å². The molecule has 1 heterocycles. The van der Waals surface area contributed by atoms with Crippen LogP contribution in [0.2, 0.25) is 0 Å². The molecule has 2 aliphatic carbocycles. The van der Waals surface area contributed by atoms with Crippen LogP contribution in [-0.2, 0) is 0 Å². The van der Waals surface area contributed by atoms with E-state index in [2.05, 4.69) is 18.7 Å². The van der Waals surface area contributed by atoms with Gasteiger partial charge in [-0.1, -0.05) is 26.7 Å². The highest BCUT2D eigenvalue weighted by Gasteiger charge is 2.45. The highest BCUT2D eigenvalue weighted by Crippen LogP contribution is 2.50. The lowest BCUT2D eigenvalue weighted by molar-refractivity contribution is -0.0388. The molecule has 1 saturated heterocycles. The standard InChI is InChI=1S/C15H27N/c1-13-3-5-15(6-4-13)11-16(12-15)10-9-14(2)7-8-14/h13H,3-12H2,1-2H3. The van der Waals surface area contributed by atoms with Gasteiger partial charge < -0.3 is 4.90 Å². The van der Waals surface area contributed by atoms with Gasteiger partial charge in [0, 0.05) is 13.1 Å². The second kappa shape index (κ2) is 3.73. The zero-order valence-corrected chi connectivity index (χ0v) is 11.1. The van der Waals surface area contributed by atoms with E-state index in [-0.39, 0.29) is 0 Å². The molecule has 1 aliphatic heterocycles. The highest BCUT2D eigenvalue weighted by molar-refractivity contribution is 4.98. The Morgan fingerprint density at radius 2 is 1.69 bits per heavy atom. The van der Waals surface area contributed by atoms with E-state index in [1.54, 1.807) is 0 Å². The van der Waals surface area contributed by atoms with Gasteiger partial charge in [0.2, 0.25) is 0 Å². The number of hydrogen-bond donors (Lipinski definition) is 0. The van der Waals surface area contributed by atoms with Gasteiger partial charge in [0.15, 0.2) is 0 Å². The van der Waals surface area contributed by atoms with Gasteiger partial charge in [0.1, 0.15) is 0 Å². The van der Waals surface area contributed by atoms with Crippen LogP contribution < -0.4 is 0 Å². The van der Waals surface area contributed by atoms with E-state index in [0.717, 1.165) is 16.7 Å². The van der Waals surface area contributed by atoms with E-state index in [4.69, 9.17) is 0 Å². The van der Waals surface area contributed by atoms with Crippen molar-refractivity contribution < 1.29 is 0 Å². The third kappa shape index (κ3) is 2.16. The second-order valence-corrected chi connectivity index (χ2v) is 7.45. The first-order valence-electron chi connectivity index (χ1n) is 7.32. The molecule has 3 aliphatic rings. The Bertz CT molecular complexity index is 251. The Labute approximate surface area is 101 Å².